The van der Waals surface area contributed by atoms with Gasteiger partial charge < -0.3 is 5.32 Å². The molecule has 1 amide bonds. The first-order chi connectivity index (χ1) is 14.5. The van der Waals surface area contributed by atoms with Gasteiger partial charge in [0.05, 0.1) is 11.3 Å². The quantitative estimate of drug-likeness (QED) is 0.177. The van der Waals surface area contributed by atoms with Crippen molar-refractivity contribution < 1.29 is 36.2 Å². The van der Waals surface area contributed by atoms with Crippen molar-refractivity contribution in [3.05, 3.63) is 35.3 Å². The fourth-order valence-corrected chi connectivity index (χ4v) is 3.49. The van der Waals surface area contributed by atoms with E-state index in [1.54, 1.807) is 12.4 Å². The lowest BCUT2D eigenvalue weighted by Crippen LogP contribution is -2.39. The molecule has 1 aromatic heterocycles. The van der Waals surface area contributed by atoms with Crippen LogP contribution in [0.25, 0.3) is 0 Å². The zero-order chi connectivity index (χ0) is 23.2. The minimum Gasteiger partial charge on any atom is -0.352 e. The largest absolute Gasteiger partial charge is 0.352 e. The predicted octanol–water partition coefficient (Wildman–Crippen LogP) is 1.09. The molecule has 170 valence electrons. The topological polar surface area (TPSA) is 173 Å². The SMILES string of the molecule is C[C@H](CSc1nonc1C(=Nc1ccc(F)c(C(F)F)c1)NO)NC(=O)CS(N)(=O)=O. The van der Waals surface area contributed by atoms with Crippen molar-refractivity contribution in [1.29, 1.82) is 0 Å². The third kappa shape index (κ3) is 7.50. The summed E-state index contributed by atoms with van der Waals surface area (Å²) in [6, 6.07) is 2.21. The van der Waals surface area contributed by atoms with Gasteiger partial charge in [-0.25, -0.2) is 36.3 Å². The summed E-state index contributed by atoms with van der Waals surface area (Å²) in [5.74, 6) is -2.91. The molecular formula is C15H17F3N6O5S2. The number of aliphatic imine (C=N–C) groups is 1. The monoisotopic (exact) mass is 482 g/mol. The molecule has 0 aliphatic carbocycles. The molecule has 0 saturated heterocycles. The van der Waals surface area contributed by atoms with Crippen LogP contribution >= 0.6 is 11.8 Å². The summed E-state index contributed by atoms with van der Waals surface area (Å²) in [4.78, 5) is 15.5. The zero-order valence-corrected chi connectivity index (χ0v) is 17.4. The molecule has 0 saturated carbocycles. The summed E-state index contributed by atoms with van der Waals surface area (Å²) < 4.78 is 65.6. The molecule has 2 rings (SSSR count). The van der Waals surface area contributed by atoms with Gasteiger partial charge in [0.25, 0.3) is 6.43 Å². The molecule has 0 fully saturated rings. The first kappa shape index (κ1) is 24.6. The Morgan fingerprint density at radius 2 is 2.10 bits per heavy atom. The Morgan fingerprint density at radius 3 is 2.71 bits per heavy atom. The summed E-state index contributed by atoms with van der Waals surface area (Å²) >= 11 is 1.01. The van der Waals surface area contributed by atoms with Crippen LogP contribution < -0.4 is 15.9 Å². The average molecular weight is 482 g/mol. The maximum atomic E-state index is 13.4. The smallest absolute Gasteiger partial charge is 0.266 e. The molecule has 16 heteroatoms. The zero-order valence-electron chi connectivity index (χ0n) is 15.8. The molecule has 0 radical (unpaired) electrons. The fraction of sp³-hybridized carbons (Fsp3) is 0.333. The molecule has 11 nitrogen and oxygen atoms in total. The second kappa shape index (κ2) is 10.6. The number of amides is 1. The van der Waals surface area contributed by atoms with E-state index in [4.69, 9.17) is 5.14 Å². The molecular weight excluding hydrogens is 465 g/mol. The van der Waals surface area contributed by atoms with Crippen molar-refractivity contribution in [2.75, 3.05) is 11.5 Å². The number of hydrogen-bond acceptors (Lipinski definition) is 9. The molecule has 0 aliphatic heterocycles. The van der Waals surface area contributed by atoms with Crippen LogP contribution in [0.1, 0.15) is 24.6 Å². The molecule has 0 aliphatic rings. The Labute approximate surface area is 178 Å². The van der Waals surface area contributed by atoms with Crippen LogP contribution in [0.4, 0.5) is 18.9 Å². The molecule has 0 unspecified atom stereocenters. The van der Waals surface area contributed by atoms with Crippen LogP contribution in [0.3, 0.4) is 0 Å². The summed E-state index contributed by atoms with van der Waals surface area (Å²) in [6.07, 6.45) is -3.06. The van der Waals surface area contributed by atoms with E-state index in [9.17, 15) is 31.6 Å². The normalized spacial score (nSPS) is 13.3. The number of rotatable bonds is 9. The third-order valence-electron chi connectivity index (χ3n) is 3.45. The van der Waals surface area contributed by atoms with Crippen molar-refractivity contribution in [2.45, 2.75) is 24.4 Å². The van der Waals surface area contributed by atoms with Gasteiger partial charge in [0.2, 0.25) is 15.9 Å². The number of primary sulfonamides is 1. The molecule has 1 aromatic carbocycles. The van der Waals surface area contributed by atoms with Crippen LogP contribution in [0, 0.1) is 5.82 Å². The summed E-state index contributed by atoms with van der Waals surface area (Å²) in [5.41, 5.74) is 0.694. The van der Waals surface area contributed by atoms with Crippen LogP contribution in [-0.2, 0) is 14.8 Å². The van der Waals surface area contributed by atoms with Crippen LogP contribution in [0.15, 0.2) is 32.8 Å². The van der Waals surface area contributed by atoms with E-state index < -0.39 is 45.5 Å². The first-order valence-electron chi connectivity index (χ1n) is 8.32. The highest BCUT2D eigenvalue weighted by Gasteiger charge is 2.20. The highest BCUT2D eigenvalue weighted by molar-refractivity contribution is 7.99. The number of sulfonamides is 1. The lowest BCUT2D eigenvalue weighted by Gasteiger charge is -2.12. The number of benzene rings is 1. The Kier molecular flexibility index (Phi) is 8.37. The number of nitrogens with one attached hydrogen (secondary N) is 2. The summed E-state index contributed by atoms with van der Waals surface area (Å²) in [5, 5.41) is 23.9. The van der Waals surface area contributed by atoms with Crippen molar-refractivity contribution in [3.8, 4) is 0 Å². The number of nitrogens with two attached hydrogens (primary N) is 1. The van der Waals surface area contributed by atoms with Gasteiger partial charge >= 0.3 is 0 Å². The maximum Gasteiger partial charge on any atom is 0.266 e. The van der Waals surface area contributed by atoms with Crippen LogP contribution in [0.5, 0.6) is 0 Å². The molecule has 31 heavy (non-hydrogen) atoms. The molecule has 1 atom stereocenters. The van der Waals surface area contributed by atoms with Gasteiger partial charge in [0, 0.05) is 11.8 Å². The van der Waals surface area contributed by atoms with Crippen LogP contribution in [0.2, 0.25) is 0 Å². The predicted molar refractivity (Wildman–Crippen MR) is 103 cm³/mol. The number of nitrogens with zero attached hydrogens (tertiary/aromatic N) is 3. The number of carbonyl (C=O) groups is 1. The van der Waals surface area contributed by atoms with Crippen molar-refractivity contribution in [1.82, 2.24) is 21.1 Å². The average Bonchev–Trinajstić information content (AvgIpc) is 3.12. The minimum atomic E-state index is -3.97. The Morgan fingerprint density at radius 1 is 1.39 bits per heavy atom. The van der Waals surface area contributed by atoms with E-state index in [-0.39, 0.29) is 28.0 Å². The highest BCUT2D eigenvalue weighted by Crippen LogP contribution is 2.27. The van der Waals surface area contributed by atoms with E-state index in [1.807, 2.05) is 0 Å². The Balaban J connectivity index is 2.13. The van der Waals surface area contributed by atoms with E-state index in [0.29, 0.717) is 0 Å². The number of amidine groups is 1. The number of halogens is 3. The number of thioether (sulfide) groups is 1. The number of hydroxylamine groups is 1. The van der Waals surface area contributed by atoms with Gasteiger partial charge in [-0.2, -0.15) is 0 Å². The Bertz CT molecular complexity index is 1060. The van der Waals surface area contributed by atoms with Crippen LogP contribution in [-0.4, -0.2) is 53.2 Å². The van der Waals surface area contributed by atoms with Gasteiger partial charge in [-0.3, -0.25) is 15.5 Å². The van der Waals surface area contributed by atoms with Crippen molar-refractivity contribution >= 4 is 39.2 Å². The van der Waals surface area contributed by atoms with Gasteiger partial charge in [-0.05, 0) is 35.4 Å². The second-order valence-electron chi connectivity index (χ2n) is 6.08. The standard InChI is InChI=1S/C15H17F3N6O5S2/c1-7(20-11(25)6-31(19,27)28)5-30-15-12(23-29-24-15)14(22-26)21-8-2-3-10(16)9(4-8)13(17)18/h2-4,7,13,26H,5-6H2,1H3,(H,20,25)(H,21,22)(H2,19,27,28)/t7-/m1/s1. The third-order valence-corrected chi connectivity index (χ3v) is 5.33. The Hall–Kier alpha value is -2.69. The lowest BCUT2D eigenvalue weighted by atomic mass is 10.2. The van der Waals surface area contributed by atoms with E-state index in [0.717, 1.165) is 30.0 Å². The first-order valence-corrected chi connectivity index (χ1v) is 11.0. The maximum absolute atomic E-state index is 13.4. The molecule has 2 aromatic rings. The van der Waals surface area contributed by atoms with Gasteiger partial charge in [-0.15, -0.1) is 0 Å². The second-order valence-corrected chi connectivity index (χ2v) is 8.71. The molecule has 0 spiro atoms. The van der Waals surface area contributed by atoms with E-state index >= 15 is 0 Å². The number of alkyl halides is 2. The molecule has 0 bridgehead atoms. The van der Waals surface area contributed by atoms with Gasteiger partial charge in [0.15, 0.2) is 16.6 Å². The van der Waals surface area contributed by atoms with Crippen molar-refractivity contribution in [2.24, 2.45) is 10.1 Å². The molecule has 1 heterocycles. The summed E-state index contributed by atoms with van der Waals surface area (Å²) in [7, 11) is -3.97. The minimum absolute atomic E-state index is 0.0847. The molecule has 5 N–H and O–H groups in total. The highest BCUT2D eigenvalue weighted by atomic mass is 32.2. The van der Waals surface area contributed by atoms with Gasteiger partial charge in [0.1, 0.15) is 11.6 Å². The summed E-state index contributed by atoms with van der Waals surface area (Å²) in [6.45, 7) is 1.59. The number of hydrogen-bond donors (Lipinski definition) is 4. The van der Waals surface area contributed by atoms with Crippen molar-refractivity contribution in [3.63, 3.8) is 0 Å². The number of aromatic nitrogens is 2. The lowest BCUT2D eigenvalue weighted by molar-refractivity contribution is -0.119. The van der Waals surface area contributed by atoms with E-state index in [1.165, 1.54) is 0 Å². The van der Waals surface area contributed by atoms with E-state index in [2.05, 4.69) is 25.3 Å². The fourth-order valence-electron chi connectivity index (χ4n) is 2.19. The number of carbonyl (C=O) groups excluding carboxylic acids is 1. The van der Waals surface area contributed by atoms with Gasteiger partial charge in [-0.1, -0.05) is 11.8 Å².